The fourth-order valence-corrected chi connectivity index (χ4v) is 1.67. The lowest BCUT2D eigenvalue weighted by Crippen LogP contribution is -2.22. The Bertz CT molecular complexity index is 359. The number of ether oxygens (including phenoxy) is 1. The molecule has 1 aromatic heterocycles. The van der Waals surface area contributed by atoms with E-state index in [0.29, 0.717) is 25.6 Å². The van der Waals surface area contributed by atoms with Crippen LogP contribution >= 0.6 is 0 Å². The number of hydrogen-bond acceptors (Lipinski definition) is 5. The molecule has 1 aromatic rings. The molecule has 1 aliphatic rings. The summed E-state index contributed by atoms with van der Waals surface area (Å²) >= 11 is 0. The second kappa shape index (κ2) is 7.81. The average Bonchev–Trinajstić information content (AvgIpc) is 2.92. The molecule has 0 radical (unpaired) electrons. The number of carbonyl (C=O) groups is 1. The van der Waals surface area contributed by atoms with Crippen LogP contribution in [0.2, 0.25) is 0 Å². The normalized spacial score (nSPS) is 15.7. The zero-order valence-corrected chi connectivity index (χ0v) is 11.2. The monoisotopic (exact) mass is 255 g/mol. The lowest BCUT2D eigenvalue weighted by Gasteiger charge is -2.18. The van der Waals surface area contributed by atoms with Crippen molar-refractivity contribution in [2.45, 2.75) is 39.5 Å². The van der Waals surface area contributed by atoms with Crippen LogP contribution in [0, 0.1) is 0 Å². The van der Waals surface area contributed by atoms with Crippen molar-refractivity contribution >= 4 is 5.91 Å². The van der Waals surface area contributed by atoms with Gasteiger partial charge in [-0.2, -0.15) is 0 Å². The van der Waals surface area contributed by atoms with E-state index in [4.69, 9.17) is 9.15 Å². The molecule has 1 N–H and O–H groups in total. The molecule has 0 saturated carbocycles. The maximum Gasteiger partial charge on any atom is 0.308 e. The lowest BCUT2D eigenvalue weighted by molar-refractivity contribution is 0.0782. The summed E-state index contributed by atoms with van der Waals surface area (Å²) in [6, 6.07) is 0. The van der Waals surface area contributed by atoms with Crippen LogP contribution in [0.15, 0.2) is 4.42 Å². The highest BCUT2D eigenvalue weighted by Crippen LogP contribution is 2.25. The van der Waals surface area contributed by atoms with Gasteiger partial charge in [0.1, 0.15) is 0 Å². The second-order valence-corrected chi connectivity index (χ2v) is 3.69. The molecule has 2 heterocycles. The Morgan fingerprint density at radius 3 is 2.61 bits per heavy atom. The summed E-state index contributed by atoms with van der Waals surface area (Å²) in [7, 11) is 0. The smallest absolute Gasteiger partial charge is 0.308 e. The van der Waals surface area contributed by atoms with Crippen LogP contribution in [0.4, 0.5) is 0 Å². The van der Waals surface area contributed by atoms with Gasteiger partial charge in [0.25, 0.3) is 0 Å². The molecule has 2 rings (SSSR count). The van der Waals surface area contributed by atoms with Gasteiger partial charge in [-0.05, 0) is 19.8 Å². The van der Waals surface area contributed by atoms with Crippen LogP contribution in [-0.4, -0.2) is 35.9 Å². The van der Waals surface area contributed by atoms with E-state index < -0.39 is 0 Å². The quantitative estimate of drug-likeness (QED) is 0.890. The Labute approximate surface area is 107 Å². The van der Waals surface area contributed by atoms with Crippen molar-refractivity contribution in [1.29, 1.82) is 0 Å². The molecule has 18 heavy (non-hydrogen) atoms. The largest absolute Gasteiger partial charge is 0.417 e. The Morgan fingerprint density at radius 1 is 1.33 bits per heavy atom. The number of nitrogens with one attached hydrogen (secondary N) is 1. The summed E-state index contributed by atoms with van der Waals surface area (Å²) < 4.78 is 10.6. The Hall–Kier alpha value is -1.43. The summed E-state index contributed by atoms with van der Waals surface area (Å²) in [6.07, 6.45) is 1.74. The molecule has 0 atom stereocenters. The van der Waals surface area contributed by atoms with Crippen molar-refractivity contribution in [3.05, 3.63) is 11.8 Å². The first-order valence-corrected chi connectivity index (χ1v) is 6.50. The summed E-state index contributed by atoms with van der Waals surface area (Å²) in [5.74, 6) is 0.505. The first-order valence-electron chi connectivity index (χ1n) is 6.50. The summed E-state index contributed by atoms with van der Waals surface area (Å²) in [4.78, 5) is 11.4. The van der Waals surface area contributed by atoms with E-state index in [1.165, 1.54) is 0 Å². The molecular formula is C12H21N3O3. The first kappa shape index (κ1) is 14.6. The van der Waals surface area contributed by atoms with Gasteiger partial charge in [-0.3, -0.25) is 4.79 Å². The highest BCUT2D eigenvalue weighted by Gasteiger charge is 2.23. The van der Waals surface area contributed by atoms with E-state index in [1.807, 2.05) is 20.8 Å². The fraction of sp³-hybridized carbons (Fsp3) is 0.750. The first-order chi connectivity index (χ1) is 8.81. The predicted molar refractivity (Wildman–Crippen MR) is 66.4 cm³/mol. The fourth-order valence-electron chi connectivity index (χ4n) is 1.67. The van der Waals surface area contributed by atoms with Crippen LogP contribution in [-0.2, 0) is 4.74 Å². The van der Waals surface area contributed by atoms with Gasteiger partial charge >= 0.3 is 11.8 Å². The lowest BCUT2D eigenvalue weighted by atomic mass is 10.0. The SMILES string of the molecule is CC.CCNC(=O)c1nnc(C2CCOCC2)o1. The summed E-state index contributed by atoms with van der Waals surface area (Å²) in [5, 5.41) is 10.3. The highest BCUT2D eigenvalue weighted by molar-refractivity contribution is 5.89. The minimum Gasteiger partial charge on any atom is -0.417 e. The van der Waals surface area contributed by atoms with Crippen molar-refractivity contribution in [2.75, 3.05) is 19.8 Å². The number of carbonyl (C=O) groups excluding carboxylic acids is 1. The Morgan fingerprint density at radius 2 is 2.00 bits per heavy atom. The molecule has 0 bridgehead atoms. The van der Waals surface area contributed by atoms with E-state index in [9.17, 15) is 4.79 Å². The van der Waals surface area contributed by atoms with Crippen molar-refractivity contribution < 1.29 is 13.9 Å². The standard InChI is InChI=1S/C10H15N3O3.C2H6/c1-2-11-8(14)10-13-12-9(16-10)7-3-5-15-6-4-7;1-2/h7H,2-6H2,1H3,(H,11,14);1-2H3. The highest BCUT2D eigenvalue weighted by atomic mass is 16.5. The van der Waals surface area contributed by atoms with Crippen LogP contribution in [0.1, 0.15) is 56.1 Å². The molecule has 6 heteroatoms. The van der Waals surface area contributed by atoms with Gasteiger partial charge < -0.3 is 14.5 Å². The van der Waals surface area contributed by atoms with Crippen LogP contribution in [0.5, 0.6) is 0 Å². The van der Waals surface area contributed by atoms with Crippen molar-refractivity contribution in [3.63, 3.8) is 0 Å². The van der Waals surface area contributed by atoms with Gasteiger partial charge in [-0.1, -0.05) is 13.8 Å². The predicted octanol–water partition coefficient (Wildman–Crippen LogP) is 1.74. The van der Waals surface area contributed by atoms with Crippen molar-refractivity contribution in [3.8, 4) is 0 Å². The molecule has 1 saturated heterocycles. The van der Waals surface area contributed by atoms with E-state index in [-0.39, 0.29) is 17.7 Å². The number of hydrogen-bond donors (Lipinski definition) is 1. The van der Waals surface area contributed by atoms with Gasteiger partial charge in [0.2, 0.25) is 5.89 Å². The summed E-state index contributed by atoms with van der Waals surface area (Å²) in [6.45, 7) is 7.81. The van der Waals surface area contributed by atoms with Gasteiger partial charge in [0.15, 0.2) is 0 Å². The van der Waals surface area contributed by atoms with Crippen molar-refractivity contribution in [1.82, 2.24) is 15.5 Å². The molecule has 0 unspecified atom stereocenters. The third kappa shape index (κ3) is 3.80. The third-order valence-corrected chi connectivity index (χ3v) is 2.54. The molecule has 0 aliphatic carbocycles. The number of rotatable bonds is 3. The molecule has 6 nitrogen and oxygen atoms in total. The number of nitrogens with zero attached hydrogens (tertiary/aromatic N) is 2. The number of amides is 1. The maximum absolute atomic E-state index is 11.4. The van der Waals surface area contributed by atoms with Crippen molar-refractivity contribution in [2.24, 2.45) is 0 Å². The molecule has 102 valence electrons. The number of aromatic nitrogens is 2. The van der Waals surface area contributed by atoms with Crippen LogP contribution in [0.25, 0.3) is 0 Å². The Kier molecular flexibility index (Phi) is 6.35. The van der Waals surface area contributed by atoms with E-state index >= 15 is 0 Å². The van der Waals surface area contributed by atoms with Gasteiger partial charge in [0, 0.05) is 25.7 Å². The minimum absolute atomic E-state index is 0.0448. The van der Waals surface area contributed by atoms with Gasteiger partial charge in [-0.25, -0.2) is 0 Å². The van der Waals surface area contributed by atoms with E-state index in [0.717, 1.165) is 12.8 Å². The second-order valence-electron chi connectivity index (χ2n) is 3.69. The zero-order valence-electron chi connectivity index (χ0n) is 11.2. The van der Waals surface area contributed by atoms with Gasteiger partial charge in [-0.15, -0.1) is 10.2 Å². The molecule has 1 aliphatic heterocycles. The molecule has 0 spiro atoms. The zero-order chi connectivity index (χ0) is 13.4. The minimum atomic E-state index is -0.312. The molecular weight excluding hydrogens is 234 g/mol. The third-order valence-electron chi connectivity index (χ3n) is 2.54. The van der Waals surface area contributed by atoms with E-state index in [2.05, 4.69) is 15.5 Å². The van der Waals surface area contributed by atoms with Crippen LogP contribution < -0.4 is 5.32 Å². The van der Waals surface area contributed by atoms with E-state index in [1.54, 1.807) is 0 Å². The maximum atomic E-state index is 11.4. The molecule has 1 amide bonds. The van der Waals surface area contributed by atoms with Gasteiger partial charge in [0.05, 0.1) is 0 Å². The Balaban J connectivity index is 0.000000771. The van der Waals surface area contributed by atoms with Crippen LogP contribution in [0.3, 0.4) is 0 Å². The molecule has 0 aromatic carbocycles. The average molecular weight is 255 g/mol. The summed E-state index contributed by atoms with van der Waals surface area (Å²) in [5.41, 5.74) is 0. The topological polar surface area (TPSA) is 77.2 Å². The molecule has 1 fully saturated rings.